The molecule has 0 amide bonds. The topological polar surface area (TPSA) is 0 Å². The van der Waals surface area contributed by atoms with Crippen LogP contribution in [0.3, 0.4) is 0 Å². The number of hydrogen-bond acceptors (Lipinski definition) is 8. The predicted molar refractivity (Wildman–Crippen MR) is 124 cm³/mol. The molecule has 0 nitrogen and oxygen atoms in total. The zero-order chi connectivity index (χ0) is 15.9. The molecule has 2 rings (SSSR count). The molecule has 0 saturated heterocycles. The Hall–Kier alpha value is 2.02. The molecule has 0 saturated carbocycles. The minimum absolute atomic E-state index is 1.18. The Balaban J connectivity index is 2.08. The third kappa shape index (κ3) is 5.51. The summed E-state index contributed by atoms with van der Waals surface area (Å²) in [5, 5.41) is 0. The molecule has 0 aromatic rings. The Bertz CT molecular complexity index is 451. The fourth-order valence-corrected chi connectivity index (χ4v) is 11.6. The second-order valence-corrected chi connectivity index (χ2v) is 13.6. The summed E-state index contributed by atoms with van der Waals surface area (Å²) in [6.07, 6.45) is 4.37. The lowest BCUT2D eigenvalue weighted by Gasteiger charge is -2.03. The van der Waals surface area contributed by atoms with E-state index in [0.29, 0.717) is 0 Å². The summed E-state index contributed by atoms with van der Waals surface area (Å²) in [6, 6.07) is 0. The van der Waals surface area contributed by atoms with Gasteiger partial charge in [-0.2, -0.15) is 23.5 Å². The zero-order valence-electron chi connectivity index (χ0n) is 13.1. The van der Waals surface area contributed by atoms with Crippen molar-refractivity contribution in [1.29, 1.82) is 0 Å². The van der Waals surface area contributed by atoms with Gasteiger partial charge in [-0.25, -0.2) is 0 Å². The molecule has 0 aromatic heterocycles. The number of thioether (sulfide) groups is 8. The van der Waals surface area contributed by atoms with E-state index in [1.807, 2.05) is 94.1 Å². The van der Waals surface area contributed by atoms with Gasteiger partial charge in [-0.3, -0.25) is 0 Å². The Kier molecular flexibility index (Phi) is 10.1. The van der Waals surface area contributed by atoms with Gasteiger partial charge >= 0.3 is 0 Å². The van der Waals surface area contributed by atoms with E-state index in [2.05, 4.69) is 26.4 Å². The molecular formula is C14H20S8. The molecule has 0 N–H and O–H groups in total. The summed E-state index contributed by atoms with van der Waals surface area (Å²) in [4.78, 5) is 3.20. The Morgan fingerprint density at radius 3 is 1.45 bits per heavy atom. The molecule has 2 aliphatic rings. The van der Waals surface area contributed by atoms with E-state index in [4.69, 9.17) is 0 Å². The SMILES string of the molecule is CCSCC1=C(CSCC)SC(=C2SC(SC)=C(SC)S2)S1. The van der Waals surface area contributed by atoms with Crippen molar-refractivity contribution >= 4 is 94.1 Å². The first-order valence-electron chi connectivity index (χ1n) is 6.88. The minimum Gasteiger partial charge on any atom is -0.157 e. The summed E-state index contributed by atoms with van der Waals surface area (Å²) in [5.41, 5.74) is 0. The molecule has 22 heavy (non-hydrogen) atoms. The molecule has 0 atom stereocenters. The molecule has 0 aliphatic carbocycles. The first kappa shape index (κ1) is 20.3. The van der Waals surface area contributed by atoms with Crippen LogP contribution >= 0.6 is 94.1 Å². The Morgan fingerprint density at radius 2 is 1.09 bits per heavy atom. The highest BCUT2D eigenvalue weighted by Gasteiger charge is 2.29. The monoisotopic (exact) mass is 444 g/mol. The molecule has 0 fully saturated rings. The molecule has 0 bridgehead atoms. The van der Waals surface area contributed by atoms with Crippen molar-refractivity contribution in [2.75, 3.05) is 35.5 Å². The van der Waals surface area contributed by atoms with Crippen molar-refractivity contribution in [2.24, 2.45) is 0 Å². The van der Waals surface area contributed by atoms with Gasteiger partial charge in [0.1, 0.15) is 0 Å². The maximum absolute atomic E-state index is 2.25. The van der Waals surface area contributed by atoms with Gasteiger partial charge in [-0.1, -0.05) is 60.9 Å². The lowest BCUT2D eigenvalue weighted by Crippen LogP contribution is -1.88. The molecule has 124 valence electrons. The fraction of sp³-hybridized carbons (Fsp3) is 0.571. The zero-order valence-corrected chi connectivity index (χ0v) is 19.6. The number of rotatable bonds is 8. The highest BCUT2D eigenvalue weighted by Crippen LogP contribution is 2.63. The van der Waals surface area contributed by atoms with Gasteiger partial charge in [0.05, 0.1) is 16.9 Å². The minimum atomic E-state index is 1.18. The molecule has 0 unspecified atom stereocenters. The van der Waals surface area contributed by atoms with E-state index in [1.54, 1.807) is 9.81 Å². The molecule has 2 heterocycles. The van der Waals surface area contributed by atoms with Crippen LogP contribution in [-0.4, -0.2) is 35.5 Å². The van der Waals surface area contributed by atoms with Gasteiger partial charge < -0.3 is 0 Å². The first-order valence-corrected chi connectivity index (χ1v) is 14.9. The summed E-state index contributed by atoms with van der Waals surface area (Å²) < 4.78 is 5.97. The molecule has 8 heteroatoms. The average molecular weight is 445 g/mol. The molecule has 0 radical (unpaired) electrons. The van der Waals surface area contributed by atoms with Crippen molar-refractivity contribution in [1.82, 2.24) is 0 Å². The second kappa shape index (κ2) is 10.9. The van der Waals surface area contributed by atoms with E-state index in [1.165, 1.54) is 40.0 Å². The summed E-state index contributed by atoms with van der Waals surface area (Å²) >= 11 is 15.9. The lowest BCUT2D eigenvalue weighted by molar-refractivity contribution is 1.49. The van der Waals surface area contributed by atoms with Crippen molar-refractivity contribution in [3.8, 4) is 0 Å². The summed E-state index contributed by atoms with van der Waals surface area (Å²) in [5.74, 6) is 4.76. The lowest BCUT2D eigenvalue weighted by atomic mass is 10.6. The summed E-state index contributed by atoms with van der Waals surface area (Å²) in [6.45, 7) is 4.50. The van der Waals surface area contributed by atoms with E-state index in [-0.39, 0.29) is 0 Å². The van der Waals surface area contributed by atoms with Crippen LogP contribution in [0, 0.1) is 0 Å². The smallest absolute Gasteiger partial charge is 0.0717 e. The largest absolute Gasteiger partial charge is 0.157 e. The molecule has 0 aromatic carbocycles. The standard InChI is InChI=1S/C14H20S8/c1-5-17-7-9-10(8-18-6-2)20-13(19-9)14-21-11(15-3)12(16-4)22-14/h5-8H2,1-4H3. The van der Waals surface area contributed by atoms with E-state index < -0.39 is 0 Å². The van der Waals surface area contributed by atoms with Crippen LogP contribution < -0.4 is 0 Å². The van der Waals surface area contributed by atoms with Crippen LogP contribution in [0.1, 0.15) is 13.8 Å². The maximum atomic E-state index is 2.25. The maximum Gasteiger partial charge on any atom is 0.0717 e. The van der Waals surface area contributed by atoms with Gasteiger partial charge in [0.15, 0.2) is 0 Å². The van der Waals surface area contributed by atoms with Crippen LogP contribution in [0.4, 0.5) is 0 Å². The van der Waals surface area contributed by atoms with Gasteiger partial charge in [0.2, 0.25) is 0 Å². The third-order valence-corrected chi connectivity index (χ3v) is 13.3. The van der Waals surface area contributed by atoms with Gasteiger partial charge in [0.25, 0.3) is 0 Å². The molecule has 2 aliphatic heterocycles. The van der Waals surface area contributed by atoms with Crippen molar-refractivity contribution < 1.29 is 0 Å². The van der Waals surface area contributed by atoms with Crippen LogP contribution in [0.5, 0.6) is 0 Å². The van der Waals surface area contributed by atoms with Crippen molar-refractivity contribution in [3.05, 3.63) is 26.8 Å². The van der Waals surface area contributed by atoms with Crippen LogP contribution in [0.15, 0.2) is 26.8 Å². The normalized spacial score (nSPS) is 19.1. The molecular weight excluding hydrogens is 425 g/mol. The van der Waals surface area contributed by atoms with Crippen molar-refractivity contribution in [3.63, 3.8) is 0 Å². The van der Waals surface area contributed by atoms with Crippen LogP contribution in [0.2, 0.25) is 0 Å². The van der Waals surface area contributed by atoms with Crippen LogP contribution in [0.25, 0.3) is 0 Å². The van der Waals surface area contributed by atoms with E-state index in [0.717, 1.165) is 0 Å². The van der Waals surface area contributed by atoms with Crippen LogP contribution in [-0.2, 0) is 0 Å². The van der Waals surface area contributed by atoms with E-state index in [9.17, 15) is 0 Å². The van der Waals surface area contributed by atoms with Gasteiger partial charge in [0, 0.05) is 21.3 Å². The Morgan fingerprint density at radius 1 is 0.682 bits per heavy atom. The third-order valence-electron chi connectivity index (χ3n) is 2.69. The van der Waals surface area contributed by atoms with Gasteiger partial charge in [-0.05, 0) is 24.0 Å². The quantitative estimate of drug-likeness (QED) is 0.369. The van der Waals surface area contributed by atoms with Gasteiger partial charge in [-0.15, -0.1) is 23.5 Å². The Labute approximate surface area is 168 Å². The fourth-order valence-electron chi connectivity index (χ4n) is 1.66. The average Bonchev–Trinajstić information content (AvgIpc) is 3.14. The summed E-state index contributed by atoms with van der Waals surface area (Å²) in [7, 11) is 0. The number of hydrogen-bond donors (Lipinski definition) is 0. The predicted octanol–water partition coefficient (Wildman–Crippen LogP) is 7.64. The van der Waals surface area contributed by atoms with E-state index >= 15 is 0 Å². The highest BCUT2D eigenvalue weighted by atomic mass is 32.3. The van der Waals surface area contributed by atoms with Crippen molar-refractivity contribution in [2.45, 2.75) is 13.8 Å². The highest BCUT2D eigenvalue weighted by molar-refractivity contribution is 8.42. The first-order chi connectivity index (χ1) is 10.7. The molecule has 0 spiro atoms. The second-order valence-electron chi connectivity index (χ2n) is 4.09.